The van der Waals surface area contributed by atoms with E-state index >= 15 is 0 Å². The highest BCUT2D eigenvalue weighted by atomic mass is 32.1. The van der Waals surface area contributed by atoms with Crippen LogP contribution in [0, 0.1) is 18.3 Å². The Morgan fingerprint density at radius 1 is 1.08 bits per heavy atom. The molecule has 26 heavy (non-hydrogen) atoms. The lowest BCUT2D eigenvalue weighted by Gasteiger charge is -2.17. The maximum Gasteiger partial charge on any atom is 0.237 e. The summed E-state index contributed by atoms with van der Waals surface area (Å²) < 4.78 is 0. The van der Waals surface area contributed by atoms with Gasteiger partial charge in [-0.2, -0.15) is 5.26 Å². The predicted molar refractivity (Wildman–Crippen MR) is 107 cm³/mol. The van der Waals surface area contributed by atoms with Gasteiger partial charge in [-0.1, -0.05) is 67.6 Å². The van der Waals surface area contributed by atoms with Crippen LogP contribution in [-0.4, -0.2) is 5.91 Å². The van der Waals surface area contributed by atoms with E-state index < -0.39 is 5.92 Å². The molecule has 0 saturated carbocycles. The molecule has 0 saturated heterocycles. The van der Waals surface area contributed by atoms with E-state index in [4.69, 9.17) is 0 Å². The Hall–Kier alpha value is -2.90. The van der Waals surface area contributed by atoms with Crippen LogP contribution in [0.15, 0.2) is 60.7 Å². The van der Waals surface area contributed by atoms with Gasteiger partial charge in [0.2, 0.25) is 5.91 Å². The van der Waals surface area contributed by atoms with E-state index in [9.17, 15) is 10.1 Å². The van der Waals surface area contributed by atoms with E-state index in [0.717, 1.165) is 28.0 Å². The molecule has 1 amide bonds. The molecule has 3 nitrogen and oxygen atoms in total. The number of amides is 1. The van der Waals surface area contributed by atoms with Gasteiger partial charge in [0.15, 0.2) is 0 Å². The molecule has 3 aromatic rings. The summed E-state index contributed by atoms with van der Waals surface area (Å²) in [5.74, 6) is -0.542. The first-order valence-electron chi connectivity index (χ1n) is 8.58. The number of benzene rings is 2. The molecule has 4 heteroatoms. The lowest BCUT2D eigenvalue weighted by molar-refractivity contribution is -0.116. The summed E-state index contributed by atoms with van der Waals surface area (Å²) in [6, 6.07) is 21.7. The number of carbonyl (C=O) groups excluding carboxylic acids is 1. The third kappa shape index (κ3) is 3.54. The zero-order valence-corrected chi connectivity index (χ0v) is 15.6. The van der Waals surface area contributed by atoms with Crippen molar-refractivity contribution in [3.8, 4) is 6.07 Å². The zero-order valence-electron chi connectivity index (χ0n) is 14.8. The number of nitrogens with zero attached hydrogens (tertiary/aromatic N) is 1. The maximum atomic E-state index is 13.2. The third-order valence-corrected chi connectivity index (χ3v) is 5.50. The molecule has 0 bridgehead atoms. The number of nitrogens with one attached hydrogen (secondary N) is 1. The number of carbonyl (C=O) groups is 1. The minimum atomic E-state index is -0.420. The van der Waals surface area contributed by atoms with E-state index in [1.807, 2.05) is 74.5 Å². The molecule has 0 aliphatic rings. The Labute approximate surface area is 157 Å². The van der Waals surface area contributed by atoms with Gasteiger partial charge in [-0.3, -0.25) is 4.79 Å². The molecule has 3 rings (SSSR count). The van der Waals surface area contributed by atoms with Crippen LogP contribution < -0.4 is 5.32 Å². The summed E-state index contributed by atoms with van der Waals surface area (Å²) in [6.07, 6.45) is 0.780. The van der Waals surface area contributed by atoms with Gasteiger partial charge in [0, 0.05) is 4.88 Å². The minimum Gasteiger partial charge on any atom is -0.316 e. The Bertz CT molecular complexity index is 900. The van der Waals surface area contributed by atoms with Gasteiger partial charge >= 0.3 is 0 Å². The van der Waals surface area contributed by atoms with Crippen LogP contribution in [0.4, 0.5) is 5.00 Å². The Balaban J connectivity index is 1.99. The summed E-state index contributed by atoms with van der Waals surface area (Å²) in [4.78, 5) is 14.3. The average molecular weight is 360 g/mol. The summed E-state index contributed by atoms with van der Waals surface area (Å²) >= 11 is 1.47. The molecule has 130 valence electrons. The van der Waals surface area contributed by atoms with Gasteiger partial charge in [0.25, 0.3) is 0 Å². The van der Waals surface area contributed by atoms with Gasteiger partial charge in [0.1, 0.15) is 11.1 Å². The normalized spacial score (nSPS) is 10.5. The standard InChI is InChI=1S/C22H20N2OS/c1-3-18-15(2)26-22(19(18)14-23)24-21(25)20(16-10-6-4-7-11-16)17-12-8-5-9-13-17/h4-13,20H,3H2,1-2H3,(H,24,25). The Morgan fingerprint density at radius 2 is 1.62 bits per heavy atom. The number of aryl methyl sites for hydroxylation is 1. The summed E-state index contributed by atoms with van der Waals surface area (Å²) in [5, 5.41) is 13.2. The van der Waals surface area contributed by atoms with E-state index in [1.165, 1.54) is 11.3 Å². The second kappa shape index (κ2) is 7.99. The quantitative estimate of drug-likeness (QED) is 0.674. The highest BCUT2D eigenvalue weighted by Crippen LogP contribution is 2.34. The zero-order chi connectivity index (χ0) is 18.5. The van der Waals surface area contributed by atoms with Crippen LogP contribution in [0.3, 0.4) is 0 Å². The topological polar surface area (TPSA) is 52.9 Å². The second-order valence-corrected chi connectivity index (χ2v) is 7.27. The lowest BCUT2D eigenvalue weighted by atomic mass is 9.90. The van der Waals surface area contributed by atoms with E-state index in [-0.39, 0.29) is 5.91 Å². The van der Waals surface area contributed by atoms with Gasteiger partial charge in [0.05, 0.1) is 11.5 Å². The molecule has 1 aromatic heterocycles. The molecule has 0 aliphatic carbocycles. The van der Waals surface area contributed by atoms with Crippen molar-refractivity contribution in [3.05, 3.63) is 87.8 Å². The van der Waals surface area contributed by atoms with Crippen LogP contribution >= 0.6 is 11.3 Å². The van der Waals surface area contributed by atoms with Crippen LogP contribution in [-0.2, 0) is 11.2 Å². The second-order valence-electron chi connectivity index (χ2n) is 6.05. The van der Waals surface area contributed by atoms with Gasteiger partial charge in [-0.15, -0.1) is 11.3 Å². The molecule has 1 N–H and O–H groups in total. The van der Waals surface area contributed by atoms with Crippen LogP contribution in [0.25, 0.3) is 0 Å². The number of thiophene rings is 1. The summed E-state index contributed by atoms with van der Waals surface area (Å²) in [7, 11) is 0. The largest absolute Gasteiger partial charge is 0.316 e. The summed E-state index contributed by atoms with van der Waals surface area (Å²) in [6.45, 7) is 4.02. The van der Waals surface area contributed by atoms with E-state index in [0.29, 0.717) is 10.6 Å². The number of hydrogen-bond donors (Lipinski definition) is 1. The smallest absolute Gasteiger partial charge is 0.237 e. The van der Waals surface area contributed by atoms with Crippen molar-refractivity contribution in [1.29, 1.82) is 5.26 Å². The van der Waals surface area contributed by atoms with Gasteiger partial charge in [-0.25, -0.2) is 0 Å². The molecule has 2 aromatic carbocycles. The molecule has 0 aliphatic heterocycles. The molecule has 0 unspecified atom stereocenters. The van der Waals surface area contributed by atoms with Crippen LogP contribution in [0.1, 0.15) is 40.0 Å². The van der Waals surface area contributed by atoms with Crippen molar-refractivity contribution in [2.75, 3.05) is 5.32 Å². The molecule has 0 atom stereocenters. The predicted octanol–water partition coefficient (Wildman–Crippen LogP) is 5.26. The number of rotatable bonds is 5. The molecule has 1 heterocycles. The fourth-order valence-electron chi connectivity index (χ4n) is 3.18. The highest BCUT2D eigenvalue weighted by molar-refractivity contribution is 7.16. The Kier molecular flexibility index (Phi) is 5.50. The third-order valence-electron chi connectivity index (χ3n) is 4.44. The minimum absolute atomic E-state index is 0.122. The monoisotopic (exact) mass is 360 g/mol. The van der Waals surface area contributed by atoms with E-state index in [1.54, 1.807) is 0 Å². The molecular weight excluding hydrogens is 340 g/mol. The number of anilines is 1. The van der Waals surface area contributed by atoms with Crippen LogP contribution in [0.5, 0.6) is 0 Å². The van der Waals surface area contributed by atoms with Gasteiger partial charge in [-0.05, 0) is 30.0 Å². The molecule has 0 spiro atoms. The lowest BCUT2D eigenvalue weighted by Crippen LogP contribution is -2.22. The SMILES string of the molecule is CCc1c(C)sc(NC(=O)C(c2ccccc2)c2ccccc2)c1C#N. The number of hydrogen-bond acceptors (Lipinski definition) is 3. The van der Waals surface area contributed by atoms with Gasteiger partial charge < -0.3 is 5.32 Å². The fourth-order valence-corrected chi connectivity index (χ4v) is 4.28. The first kappa shape index (κ1) is 17.9. The highest BCUT2D eigenvalue weighted by Gasteiger charge is 2.25. The first-order valence-corrected chi connectivity index (χ1v) is 9.40. The summed E-state index contributed by atoms with van der Waals surface area (Å²) in [5.41, 5.74) is 3.46. The molecule has 0 radical (unpaired) electrons. The number of nitriles is 1. The van der Waals surface area contributed by atoms with Crippen molar-refractivity contribution in [3.63, 3.8) is 0 Å². The first-order chi connectivity index (χ1) is 12.7. The van der Waals surface area contributed by atoms with E-state index in [2.05, 4.69) is 11.4 Å². The van der Waals surface area contributed by atoms with Crippen LogP contribution in [0.2, 0.25) is 0 Å². The Morgan fingerprint density at radius 3 is 2.08 bits per heavy atom. The van der Waals surface area contributed by atoms with Crippen molar-refractivity contribution in [1.82, 2.24) is 0 Å². The molecule has 0 fully saturated rings. The molecular formula is C22H20N2OS. The van der Waals surface area contributed by atoms with Crippen molar-refractivity contribution in [2.45, 2.75) is 26.2 Å². The average Bonchev–Trinajstić information content (AvgIpc) is 2.97. The fraction of sp³-hybridized carbons (Fsp3) is 0.182. The van der Waals surface area contributed by atoms with Crippen molar-refractivity contribution >= 4 is 22.2 Å². The maximum absolute atomic E-state index is 13.2. The van der Waals surface area contributed by atoms with Crippen molar-refractivity contribution in [2.24, 2.45) is 0 Å². The van der Waals surface area contributed by atoms with Crippen molar-refractivity contribution < 1.29 is 4.79 Å².